The number of allylic oxidation sites excluding steroid dienone is 1. The van der Waals surface area contributed by atoms with E-state index in [-0.39, 0.29) is 17.3 Å². The fourth-order valence-electron chi connectivity index (χ4n) is 4.82. The first-order valence-electron chi connectivity index (χ1n) is 14.0. The highest BCUT2D eigenvalue weighted by atomic mass is 19.1. The number of fused-ring (bicyclic) bond motifs is 1. The first kappa shape index (κ1) is 30.0. The Balaban J connectivity index is 1.12. The van der Waals surface area contributed by atoms with Crippen molar-refractivity contribution in [2.45, 2.75) is 19.8 Å². The molecule has 2 aromatic rings. The molecule has 3 heterocycles. The summed E-state index contributed by atoms with van der Waals surface area (Å²) in [6, 6.07) is 9.09. The fourth-order valence-corrected chi connectivity index (χ4v) is 4.82. The Morgan fingerprint density at radius 1 is 1.02 bits per heavy atom. The zero-order chi connectivity index (χ0) is 30.2. The highest BCUT2D eigenvalue weighted by molar-refractivity contribution is 6.08. The van der Waals surface area contributed by atoms with Gasteiger partial charge in [0.2, 0.25) is 17.7 Å². The number of morpholine rings is 1. The van der Waals surface area contributed by atoms with Gasteiger partial charge in [0.25, 0.3) is 0 Å². The smallest absolute Gasteiger partial charge is 0.247 e. The molecule has 226 valence electrons. The predicted molar refractivity (Wildman–Crippen MR) is 159 cm³/mol. The van der Waals surface area contributed by atoms with Gasteiger partial charge in [-0.25, -0.2) is 13.8 Å². The van der Waals surface area contributed by atoms with Crippen LogP contribution in [0, 0.1) is 11.6 Å². The van der Waals surface area contributed by atoms with Gasteiger partial charge in [0.1, 0.15) is 24.3 Å². The average Bonchev–Trinajstić information content (AvgIpc) is 2.98. The molecule has 5 rings (SSSR count). The molecule has 3 aliphatic heterocycles. The maximum Gasteiger partial charge on any atom is 0.247 e. The lowest BCUT2D eigenvalue weighted by Gasteiger charge is -2.30. The van der Waals surface area contributed by atoms with E-state index in [9.17, 15) is 18.4 Å². The number of hydrazone groups is 1. The van der Waals surface area contributed by atoms with Crippen LogP contribution in [0.3, 0.4) is 0 Å². The molecule has 0 saturated carbocycles. The second-order valence-electron chi connectivity index (χ2n) is 10.3. The number of nitrogens with one attached hydrogen (secondary N) is 3. The number of nitrogens with zero attached hydrogens (tertiary/aromatic N) is 4. The van der Waals surface area contributed by atoms with Crippen LogP contribution in [-0.2, 0) is 14.3 Å². The highest BCUT2D eigenvalue weighted by Gasteiger charge is 2.27. The van der Waals surface area contributed by atoms with E-state index < -0.39 is 29.9 Å². The number of hydrogen-bond acceptors (Lipinski definition) is 9. The summed E-state index contributed by atoms with van der Waals surface area (Å²) < 4.78 is 39.3. The number of ether oxygens (including phenoxy) is 2. The summed E-state index contributed by atoms with van der Waals surface area (Å²) in [5.74, 6) is -2.28. The van der Waals surface area contributed by atoms with E-state index in [1.165, 1.54) is 42.7 Å². The van der Waals surface area contributed by atoms with Crippen LogP contribution in [0.4, 0.5) is 20.2 Å². The third-order valence-electron chi connectivity index (χ3n) is 6.92. The van der Waals surface area contributed by atoms with E-state index >= 15 is 0 Å². The van der Waals surface area contributed by atoms with Crippen molar-refractivity contribution in [2.75, 3.05) is 56.6 Å². The summed E-state index contributed by atoms with van der Waals surface area (Å²) in [5.41, 5.74) is 3.28. The molecule has 1 fully saturated rings. The molecule has 0 spiro atoms. The molecule has 0 aromatic heterocycles. The largest absolute Gasteiger partial charge is 0.434 e. The van der Waals surface area contributed by atoms with Gasteiger partial charge in [-0.1, -0.05) is 0 Å². The molecule has 1 saturated heterocycles. The van der Waals surface area contributed by atoms with Crippen LogP contribution >= 0.6 is 0 Å². The Morgan fingerprint density at radius 3 is 2.49 bits per heavy atom. The van der Waals surface area contributed by atoms with Gasteiger partial charge >= 0.3 is 0 Å². The van der Waals surface area contributed by atoms with Gasteiger partial charge in [0, 0.05) is 56.4 Å². The van der Waals surface area contributed by atoms with Crippen LogP contribution in [0.5, 0.6) is 5.75 Å². The quantitative estimate of drug-likeness (QED) is 0.285. The Kier molecular flexibility index (Phi) is 9.87. The number of anilines is 2. The summed E-state index contributed by atoms with van der Waals surface area (Å²) >= 11 is 0. The van der Waals surface area contributed by atoms with E-state index in [0.29, 0.717) is 24.4 Å². The summed E-state index contributed by atoms with van der Waals surface area (Å²) in [6.45, 7) is 7.97. The van der Waals surface area contributed by atoms with Gasteiger partial charge in [-0.2, -0.15) is 10.1 Å². The van der Waals surface area contributed by atoms with Gasteiger partial charge in [-0.05, 0) is 60.9 Å². The molecule has 0 aliphatic carbocycles. The second kappa shape index (κ2) is 14.1. The van der Waals surface area contributed by atoms with Crippen LogP contribution in [0.15, 0.2) is 75.6 Å². The molecular formula is C30H33F2N7O4. The first-order valence-corrected chi connectivity index (χ1v) is 14.0. The minimum absolute atomic E-state index is 0.0825. The minimum Gasteiger partial charge on any atom is -0.434 e. The lowest BCUT2D eigenvalue weighted by molar-refractivity contribution is -0.123. The lowest BCUT2D eigenvalue weighted by Crippen LogP contribution is -2.40. The molecule has 0 radical (unpaired) electrons. The predicted octanol–water partition coefficient (Wildman–Crippen LogP) is 3.45. The van der Waals surface area contributed by atoms with Crippen molar-refractivity contribution in [2.24, 2.45) is 10.1 Å². The molecule has 0 bridgehead atoms. The summed E-state index contributed by atoms with van der Waals surface area (Å²) in [7, 11) is 0. The monoisotopic (exact) mass is 593 g/mol. The van der Waals surface area contributed by atoms with Crippen molar-refractivity contribution < 1.29 is 27.8 Å². The van der Waals surface area contributed by atoms with E-state index in [4.69, 9.17) is 9.47 Å². The average molecular weight is 594 g/mol. The third-order valence-corrected chi connectivity index (χ3v) is 6.92. The Labute approximate surface area is 247 Å². The molecule has 11 nitrogen and oxygen atoms in total. The van der Waals surface area contributed by atoms with Crippen molar-refractivity contribution in [3.05, 3.63) is 77.1 Å². The van der Waals surface area contributed by atoms with E-state index in [1.807, 2.05) is 13.1 Å². The zero-order valence-electron chi connectivity index (χ0n) is 23.7. The second-order valence-corrected chi connectivity index (χ2v) is 10.3. The Hall–Kier alpha value is -4.46. The Morgan fingerprint density at radius 2 is 1.74 bits per heavy atom. The van der Waals surface area contributed by atoms with Gasteiger partial charge in [-0.15, -0.1) is 0 Å². The topological polar surface area (TPSA) is 120 Å². The lowest BCUT2D eigenvalue weighted by atomic mass is 10.0. The summed E-state index contributed by atoms with van der Waals surface area (Å²) in [5, 5.41) is 14.5. The molecule has 3 N–H and O–H groups in total. The van der Waals surface area contributed by atoms with Gasteiger partial charge in [0.05, 0.1) is 13.2 Å². The number of hydrogen-bond donors (Lipinski definition) is 3. The SMILES string of the molecule is CC1=C2C(Oc3ccc(NC(=O)CC(=O)Nc4ccc(F)cc4)cc3F)=NC=NN2C=C(CNCCN2CCOCC2)C1. The third kappa shape index (κ3) is 8.31. The zero-order valence-corrected chi connectivity index (χ0v) is 23.7. The standard InChI is InChI=1S/C30H33F2N7O4/c1-20-14-21(17-33-8-9-38-10-12-42-13-11-38)18-39-29(20)30(34-19-35-39)43-26-7-6-24(15-25(26)32)37-28(41)16-27(40)36-23-4-2-22(31)3-5-23/h2-7,15,18-19,33H,8-14,16-17H2,1H3,(H,36,40)(H,37,41). The number of carbonyl (C=O) groups is 2. The number of rotatable bonds is 10. The first-order chi connectivity index (χ1) is 20.8. The number of benzene rings is 2. The van der Waals surface area contributed by atoms with Gasteiger partial charge < -0.3 is 25.4 Å². The normalized spacial score (nSPS) is 16.8. The maximum absolute atomic E-state index is 15.0. The van der Waals surface area contributed by atoms with Gasteiger partial charge in [0.15, 0.2) is 11.6 Å². The summed E-state index contributed by atoms with van der Waals surface area (Å²) in [6.07, 6.45) is 3.47. The molecule has 43 heavy (non-hydrogen) atoms. The maximum atomic E-state index is 15.0. The molecule has 13 heteroatoms. The number of amides is 2. The molecule has 2 amide bonds. The van der Waals surface area contributed by atoms with Crippen LogP contribution in [0.2, 0.25) is 0 Å². The van der Waals surface area contributed by atoms with Crippen molar-refractivity contribution >= 4 is 35.4 Å². The van der Waals surface area contributed by atoms with Crippen molar-refractivity contribution in [3.63, 3.8) is 0 Å². The number of halogens is 2. The van der Waals surface area contributed by atoms with Crippen LogP contribution < -0.4 is 20.7 Å². The fraction of sp³-hybridized carbons (Fsp3) is 0.333. The van der Waals surface area contributed by atoms with Crippen molar-refractivity contribution in [3.8, 4) is 5.75 Å². The van der Waals surface area contributed by atoms with E-state index in [1.54, 1.807) is 5.01 Å². The Bertz CT molecular complexity index is 1470. The van der Waals surface area contributed by atoms with Crippen LogP contribution in [0.25, 0.3) is 0 Å². The van der Waals surface area contributed by atoms with Crippen molar-refractivity contribution in [1.82, 2.24) is 15.2 Å². The van der Waals surface area contributed by atoms with Crippen molar-refractivity contribution in [1.29, 1.82) is 0 Å². The highest BCUT2D eigenvalue weighted by Crippen LogP contribution is 2.30. The molecule has 2 aromatic carbocycles. The van der Waals surface area contributed by atoms with Gasteiger partial charge in [-0.3, -0.25) is 14.5 Å². The van der Waals surface area contributed by atoms with E-state index in [0.717, 1.165) is 56.6 Å². The molecule has 3 aliphatic rings. The number of carbonyl (C=O) groups excluding carboxylic acids is 2. The minimum atomic E-state index is -0.722. The molecule has 0 atom stereocenters. The van der Waals surface area contributed by atoms with Crippen LogP contribution in [0.1, 0.15) is 19.8 Å². The van der Waals surface area contributed by atoms with Crippen LogP contribution in [-0.4, -0.2) is 79.9 Å². The van der Waals surface area contributed by atoms with E-state index in [2.05, 4.69) is 30.9 Å². The summed E-state index contributed by atoms with van der Waals surface area (Å²) in [4.78, 5) is 31.0. The molecule has 0 unspecified atom stereocenters. The molecular weight excluding hydrogens is 560 g/mol. The number of aliphatic imine (C=N–C) groups is 1.